The molecule has 7 heteroatoms. The first kappa shape index (κ1) is 15.4. The van der Waals surface area contributed by atoms with E-state index in [1.807, 2.05) is 46.8 Å². The summed E-state index contributed by atoms with van der Waals surface area (Å²) in [6.07, 6.45) is 4.28. The van der Waals surface area contributed by atoms with Gasteiger partial charge in [0.25, 0.3) is 0 Å². The van der Waals surface area contributed by atoms with Crippen LogP contribution in [-0.4, -0.2) is 37.2 Å². The summed E-state index contributed by atoms with van der Waals surface area (Å²) in [4.78, 5) is 18.4. The Morgan fingerprint density at radius 1 is 1.32 bits per heavy atom. The van der Waals surface area contributed by atoms with Crippen molar-refractivity contribution < 1.29 is 4.79 Å². The smallest absolute Gasteiger partial charge is 0.318 e. The number of hydrogen-bond acceptors (Lipinski definition) is 3. The number of aromatic nitrogens is 4. The number of aryl methyl sites for hydroxylation is 1. The van der Waals surface area contributed by atoms with Crippen LogP contribution in [0, 0.1) is 0 Å². The first-order chi connectivity index (χ1) is 12.2. The zero-order valence-corrected chi connectivity index (χ0v) is 14.1. The largest absolute Gasteiger partial charge is 0.336 e. The van der Waals surface area contributed by atoms with Gasteiger partial charge in [-0.05, 0) is 0 Å². The normalized spacial score (nSPS) is 13.6. The maximum Gasteiger partial charge on any atom is 0.318 e. The number of fused-ring (bicyclic) bond motifs is 1. The van der Waals surface area contributed by atoms with Gasteiger partial charge in [0.05, 0.1) is 30.8 Å². The third-order valence-electron chi connectivity index (χ3n) is 4.61. The molecule has 1 aliphatic rings. The van der Waals surface area contributed by atoms with E-state index in [-0.39, 0.29) is 6.03 Å². The first-order valence-corrected chi connectivity index (χ1v) is 8.32. The van der Waals surface area contributed by atoms with Crippen LogP contribution in [0.25, 0.3) is 11.3 Å². The van der Waals surface area contributed by atoms with E-state index in [0.29, 0.717) is 19.6 Å². The van der Waals surface area contributed by atoms with Crippen LogP contribution in [0.5, 0.6) is 0 Å². The second kappa shape index (κ2) is 6.43. The van der Waals surface area contributed by atoms with Crippen LogP contribution in [0.2, 0.25) is 0 Å². The maximum atomic E-state index is 12.5. The van der Waals surface area contributed by atoms with E-state index in [1.54, 1.807) is 12.5 Å². The number of aromatic amines is 1. The molecular formula is C18H20N6O. The van der Waals surface area contributed by atoms with Crippen molar-refractivity contribution in [2.24, 2.45) is 7.05 Å². The summed E-state index contributed by atoms with van der Waals surface area (Å²) in [5.41, 5.74) is 5.19. The average Bonchev–Trinajstić information content (AvgIpc) is 3.25. The zero-order valence-electron chi connectivity index (χ0n) is 14.1. The molecule has 0 fully saturated rings. The lowest BCUT2D eigenvalue weighted by Gasteiger charge is -2.27. The lowest BCUT2D eigenvalue weighted by molar-refractivity contribution is 0.191. The number of nitrogens with zero attached hydrogens (tertiary/aromatic N) is 4. The van der Waals surface area contributed by atoms with E-state index in [0.717, 1.165) is 34.6 Å². The highest BCUT2D eigenvalue weighted by molar-refractivity contribution is 5.75. The van der Waals surface area contributed by atoms with Crippen LogP contribution in [0.4, 0.5) is 4.79 Å². The maximum absolute atomic E-state index is 12.5. The molecule has 2 aromatic heterocycles. The molecule has 0 saturated heterocycles. The van der Waals surface area contributed by atoms with Crippen LogP contribution in [0.3, 0.4) is 0 Å². The van der Waals surface area contributed by atoms with Gasteiger partial charge in [-0.1, -0.05) is 30.3 Å². The number of nitrogens with one attached hydrogen (secondary N) is 2. The fourth-order valence-corrected chi connectivity index (χ4v) is 3.14. The highest BCUT2D eigenvalue weighted by Crippen LogP contribution is 2.28. The van der Waals surface area contributed by atoms with Crippen molar-refractivity contribution in [1.29, 1.82) is 0 Å². The van der Waals surface area contributed by atoms with Crippen molar-refractivity contribution in [3.8, 4) is 11.3 Å². The van der Waals surface area contributed by atoms with E-state index in [9.17, 15) is 4.79 Å². The molecule has 1 aliphatic heterocycles. The van der Waals surface area contributed by atoms with Gasteiger partial charge in [0.2, 0.25) is 0 Å². The molecule has 25 heavy (non-hydrogen) atoms. The summed E-state index contributed by atoms with van der Waals surface area (Å²) in [6.45, 7) is 1.71. The molecule has 1 aromatic carbocycles. The highest BCUT2D eigenvalue weighted by atomic mass is 16.2. The topological polar surface area (TPSA) is 78.8 Å². The third kappa shape index (κ3) is 3.00. The molecule has 3 heterocycles. The number of amides is 2. The van der Waals surface area contributed by atoms with Crippen molar-refractivity contribution >= 4 is 6.03 Å². The summed E-state index contributed by atoms with van der Waals surface area (Å²) in [5, 5.41) is 10.6. The van der Waals surface area contributed by atoms with Gasteiger partial charge < -0.3 is 14.8 Å². The molecule has 128 valence electrons. The molecule has 7 nitrogen and oxygen atoms in total. The summed E-state index contributed by atoms with van der Waals surface area (Å²) < 4.78 is 1.90. The number of rotatable bonds is 3. The molecule has 2 N–H and O–H groups in total. The standard InChI is InChI=1S/C18H20N6O/c1-23-12-19-9-14(23)10-20-18(25)24-8-7-16-15(11-24)17(22-21-16)13-5-3-2-4-6-13/h2-6,9,12H,7-8,10-11H2,1H3,(H,20,25)(H,21,22). The Balaban J connectivity index is 1.48. The van der Waals surface area contributed by atoms with Crippen molar-refractivity contribution in [2.75, 3.05) is 6.54 Å². The highest BCUT2D eigenvalue weighted by Gasteiger charge is 2.25. The molecule has 0 radical (unpaired) electrons. The number of carbonyl (C=O) groups excluding carboxylic acids is 1. The number of carbonyl (C=O) groups is 1. The van der Waals surface area contributed by atoms with Gasteiger partial charge in [-0.25, -0.2) is 9.78 Å². The van der Waals surface area contributed by atoms with Crippen LogP contribution < -0.4 is 5.32 Å². The van der Waals surface area contributed by atoms with Crippen molar-refractivity contribution in [2.45, 2.75) is 19.5 Å². The van der Waals surface area contributed by atoms with Gasteiger partial charge >= 0.3 is 6.03 Å². The number of H-pyrrole nitrogens is 1. The van der Waals surface area contributed by atoms with Gasteiger partial charge in [-0.2, -0.15) is 5.10 Å². The quantitative estimate of drug-likeness (QED) is 0.768. The fourth-order valence-electron chi connectivity index (χ4n) is 3.14. The van der Waals surface area contributed by atoms with Crippen LogP contribution in [0.1, 0.15) is 17.0 Å². The van der Waals surface area contributed by atoms with Crippen molar-refractivity contribution in [3.05, 3.63) is 59.8 Å². The van der Waals surface area contributed by atoms with E-state index < -0.39 is 0 Å². The molecule has 0 spiro atoms. The summed E-state index contributed by atoms with van der Waals surface area (Å²) in [6, 6.07) is 10.00. The number of urea groups is 1. The number of imidazole rings is 1. The monoisotopic (exact) mass is 336 g/mol. The third-order valence-corrected chi connectivity index (χ3v) is 4.61. The SMILES string of the molecule is Cn1cncc1CNC(=O)N1CCc2[nH]nc(-c3ccccc3)c2C1. The summed E-state index contributed by atoms with van der Waals surface area (Å²) in [7, 11) is 1.92. The minimum Gasteiger partial charge on any atom is -0.336 e. The molecule has 4 rings (SSSR count). The first-order valence-electron chi connectivity index (χ1n) is 8.32. The fraction of sp³-hybridized carbons (Fsp3) is 0.278. The van der Waals surface area contributed by atoms with E-state index >= 15 is 0 Å². The van der Waals surface area contributed by atoms with Gasteiger partial charge in [0.1, 0.15) is 0 Å². The van der Waals surface area contributed by atoms with Crippen molar-refractivity contribution in [1.82, 2.24) is 30.0 Å². The van der Waals surface area contributed by atoms with Crippen LogP contribution in [-0.2, 0) is 26.6 Å². The molecule has 3 aromatic rings. The average molecular weight is 336 g/mol. The minimum absolute atomic E-state index is 0.0629. The van der Waals surface area contributed by atoms with E-state index in [1.165, 1.54) is 0 Å². The predicted octanol–water partition coefficient (Wildman–Crippen LogP) is 2.08. The Kier molecular flexibility index (Phi) is 3.97. The summed E-state index contributed by atoms with van der Waals surface area (Å²) >= 11 is 0. The predicted molar refractivity (Wildman–Crippen MR) is 93.6 cm³/mol. The minimum atomic E-state index is -0.0629. The molecular weight excluding hydrogens is 316 g/mol. The lowest BCUT2D eigenvalue weighted by atomic mass is 10.0. The lowest BCUT2D eigenvalue weighted by Crippen LogP contribution is -2.42. The Bertz CT molecular complexity index is 882. The molecule has 0 aliphatic carbocycles. The van der Waals surface area contributed by atoms with Crippen LogP contribution >= 0.6 is 0 Å². The van der Waals surface area contributed by atoms with Crippen molar-refractivity contribution in [3.63, 3.8) is 0 Å². The zero-order chi connectivity index (χ0) is 17.2. The molecule has 2 amide bonds. The second-order valence-electron chi connectivity index (χ2n) is 6.22. The van der Waals surface area contributed by atoms with Gasteiger partial charge in [0.15, 0.2) is 0 Å². The molecule has 0 unspecified atom stereocenters. The Labute approximate surface area is 145 Å². The summed E-state index contributed by atoms with van der Waals surface area (Å²) in [5.74, 6) is 0. The number of hydrogen-bond donors (Lipinski definition) is 2. The second-order valence-corrected chi connectivity index (χ2v) is 6.22. The van der Waals surface area contributed by atoms with E-state index in [2.05, 4.69) is 20.5 Å². The van der Waals surface area contributed by atoms with Gasteiger partial charge in [0, 0.05) is 43.0 Å². The van der Waals surface area contributed by atoms with E-state index in [4.69, 9.17) is 0 Å². The van der Waals surface area contributed by atoms with Gasteiger partial charge in [-0.15, -0.1) is 0 Å². The van der Waals surface area contributed by atoms with Crippen LogP contribution in [0.15, 0.2) is 42.9 Å². The Morgan fingerprint density at radius 3 is 2.92 bits per heavy atom. The number of benzene rings is 1. The molecule has 0 saturated carbocycles. The molecule has 0 bridgehead atoms. The molecule has 0 atom stereocenters. The Morgan fingerprint density at radius 2 is 2.16 bits per heavy atom. The Hall–Kier alpha value is -3.09. The van der Waals surface area contributed by atoms with Gasteiger partial charge in [-0.3, -0.25) is 5.10 Å².